The molecule has 0 heterocycles. The smallest absolute Gasteiger partial charge is 0.407 e. The number of aliphatic hydroxyl groups excluding tert-OH is 8. The zero-order valence-corrected chi connectivity index (χ0v) is 39.2. The number of carbonyl (C=O) groups is 7. The third kappa shape index (κ3) is 37.5. The number of rotatable bonds is 21. The van der Waals surface area contributed by atoms with Gasteiger partial charge in [0.25, 0.3) is 5.91 Å². The molecule has 0 aromatic rings. The van der Waals surface area contributed by atoms with Gasteiger partial charge in [0.05, 0.1) is 7.11 Å². The van der Waals surface area contributed by atoms with Gasteiger partial charge in [-0.15, -0.1) is 0 Å². The average molecular weight is 933 g/mol. The molecule has 15 N–H and O–H groups in total. The van der Waals surface area contributed by atoms with Gasteiger partial charge in [0.1, 0.15) is 53.4 Å². The molecule has 0 aromatic heterocycles. The number of hydrogen-bond donors (Lipinski definition) is 13. The Hall–Kier alpha value is -3.89. The van der Waals surface area contributed by atoms with Crippen LogP contribution in [-0.2, 0) is 47.7 Å². The highest BCUT2D eigenvalue weighted by atomic mass is 16.6. The Morgan fingerprint density at radius 3 is 1.33 bits per heavy atom. The number of esters is 3. The fourth-order valence-corrected chi connectivity index (χ4v) is 4.09. The zero-order valence-electron chi connectivity index (χ0n) is 39.2. The number of nitrogens with two attached hydrogens (primary N) is 2. The molecule has 25 heteroatoms. The number of nitrogens with one attached hydrogen (secondary N) is 2. The number of alkyl carbamates (subject to hydrolysis) is 1. The first-order valence-electron chi connectivity index (χ1n) is 20.3. The summed E-state index contributed by atoms with van der Waals surface area (Å²) in [4.78, 5) is 79.5. The Balaban J connectivity index is -0.000000487. The molecule has 376 valence electrons. The molecule has 0 spiro atoms. The summed E-state index contributed by atoms with van der Waals surface area (Å²) in [6, 6.07) is 0. The zero-order chi connectivity index (χ0) is 51.3. The van der Waals surface area contributed by atoms with Crippen LogP contribution in [0.5, 0.6) is 0 Å². The molecule has 0 saturated carbocycles. The Morgan fingerprint density at radius 1 is 0.578 bits per heavy atom. The molecule has 8 atom stereocenters. The number of amides is 2. The van der Waals surface area contributed by atoms with Crippen LogP contribution in [0.25, 0.3) is 0 Å². The molecule has 64 heavy (non-hydrogen) atoms. The first-order chi connectivity index (χ1) is 29.0. The fourth-order valence-electron chi connectivity index (χ4n) is 4.09. The van der Waals surface area contributed by atoms with E-state index >= 15 is 0 Å². The van der Waals surface area contributed by atoms with Crippen molar-refractivity contribution in [1.29, 1.82) is 0 Å². The van der Waals surface area contributed by atoms with Gasteiger partial charge in [-0.3, -0.25) is 24.0 Å². The van der Waals surface area contributed by atoms with Crippen molar-refractivity contribution in [2.75, 3.05) is 26.7 Å². The second-order valence-corrected chi connectivity index (χ2v) is 17.1. The minimum absolute atomic E-state index is 0.00984. The van der Waals surface area contributed by atoms with E-state index in [9.17, 15) is 64.2 Å². The number of ether oxygens (including phenoxy) is 4. The summed E-state index contributed by atoms with van der Waals surface area (Å²) in [7, 11) is 0.312. The van der Waals surface area contributed by atoms with E-state index in [4.69, 9.17) is 35.2 Å². The summed E-state index contributed by atoms with van der Waals surface area (Å²) < 4.78 is 19.3. The number of Topliss-reactive ketones (excluding diaryl/α,β-unsaturated/α-hetero) is 2. The summed E-state index contributed by atoms with van der Waals surface area (Å²) in [6.45, 7) is 18.9. The van der Waals surface area contributed by atoms with Crippen molar-refractivity contribution < 1.29 is 98.4 Å². The van der Waals surface area contributed by atoms with Gasteiger partial charge < -0.3 is 86.8 Å². The maximum absolute atomic E-state index is 12.0. The normalized spacial score (nSPS) is 15.0. The first kappa shape index (κ1) is 66.7. The van der Waals surface area contributed by atoms with Crippen LogP contribution in [0.4, 0.5) is 4.79 Å². The van der Waals surface area contributed by atoms with Gasteiger partial charge >= 0.3 is 31.1 Å². The fraction of sp³-hybridized carbons (Fsp3) is 0.821. The van der Waals surface area contributed by atoms with E-state index in [1.165, 1.54) is 6.82 Å². The topological polar surface area (TPSA) is 415 Å². The second kappa shape index (κ2) is 33.6. The van der Waals surface area contributed by atoms with Crippen molar-refractivity contribution in [3.05, 3.63) is 0 Å². The van der Waals surface area contributed by atoms with Crippen LogP contribution in [0.3, 0.4) is 0 Å². The lowest BCUT2D eigenvalue weighted by molar-refractivity contribution is -0.168. The van der Waals surface area contributed by atoms with Crippen LogP contribution in [0, 0.1) is 0 Å². The van der Waals surface area contributed by atoms with E-state index in [0.717, 1.165) is 14.0 Å². The van der Waals surface area contributed by atoms with Gasteiger partial charge in [0.15, 0.2) is 23.8 Å². The number of carbonyl (C=O) groups excluding carboxylic acids is 7. The lowest BCUT2D eigenvalue weighted by Crippen LogP contribution is -2.52. The van der Waals surface area contributed by atoms with E-state index in [2.05, 4.69) is 21.0 Å². The number of aliphatic hydroxyl groups is 8. The largest absolute Gasteiger partial charge is 0.467 e. The van der Waals surface area contributed by atoms with Gasteiger partial charge in [0.2, 0.25) is 0 Å². The molecule has 0 bridgehead atoms. The van der Waals surface area contributed by atoms with Crippen molar-refractivity contribution >= 4 is 48.5 Å². The Labute approximate surface area is 375 Å². The highest BCUT2D eigenvalue weighted by Gasteiger charge is 2.38. The van der Waals surface area contributed by atoms with Gasteiger partial charge in [0, 0.05) is 32.4 Å². The molecule has 0 rings (SSSR count). The molecule has 0 aliphatic heterocycles. The Kier molecular flexibility index (Phi) is 35.0. The summed E-state index contributed by atoms with van der Waals surface area (Å²) >= 11 is 0. The second-order valence-electron chi connectivity index (χ2n) is 17.1. The minimum Gasteiger partial charge on any atom is -0.467 e. The molecule has 0 unspecified atom stereocenters. The lowest BCUT2D eigenvalue weighted by Gasteiger charge is -2.25. The van der Waals surface area contributed by atoms with Crippen molar-refractivity contribution in [3.8, 4) is 0 Å². The summed E-state index contributed by atoms with van der Waals surface area (Å²) in [5.41, 5.74) is 8.22. The third-order valence-electron chi connectivity index (χ3n) is 7.00. The third-order valence-corrected chi connectivity index (χ3v) is 7.00. The average Bonchev–Trinajstić information content (AvgIpc) is 3.15. The SMILES string of the molecule is CB(N)O.CC(C)(C)OC(=O)CCCN.CC(C)(C)OC(=O)CCCNC(=O)[C@@H](O)[C@H](O)[C@H](O)[C@@H](O)C(=O)CCCNC(=O)OC(C)(C)C.COC(=O)[C@@H](O)[C@H](O)[C@H](O)[C@@H](O)C(C)=O. The minimum atomic E-state index is -2.13. The van der Waals surface area contributed by atoms with E-state index in [0.29, 0.717) is 19.4 Å². The molecule has 0 aromatic carbocycles. The summed E-state index contributed by atoms with van der Waals surface area (Å²) in [5.74, 6) is -4.47. The number of ketones is 2. The van der Waals surface area contributed by atoms with E-state index in [-0.39, 0.29) is 50.3 Å². The van der Waals surface area contributed by atoms with E-state index < -0.39 is 103 Å². The lowest BCUT2D eigenvalue weighted by atomic mass is 9.92. The molecular weight excluding hydrogens is 855 g/mol. The highest BCUT2D eigenvalue weighted by Crippen LogP contribution is 2.12. The van der Waals surface area contributed by atoms with Gasteiger partial charge in [-0.25, -0.2) is 9.59 Å². The van der Waals surface area contributed by atoms with Crippen LogP contribution in [0.15, 0.2) is 0 Å². The molecule has 0 aliphatic carbocycles. The van der Waals surface area contributed by atoms with Gasteiger partial charge in [-0.2, -0.15) is 0 Å². The predicted molar refractivity (Wildman–Crippen MR) is 229 cm³/mol. The van der Waals surface area contributed by atoms with Crippen molar-refractivity contribution in [2.24, 2.45) is 11.4 Å². The van der Waals surface area contributed by atoms with Crippen molar-refractivity contribution in [1.82, 2.24) is 10.6 Å². The Morgan fingerprint density at radius 2 is 0.938 bits per heavy atom. The van der Waals surface area contributed by atoms with Crippen LogP contribution < -0.4 is 22.0 Å². The van der Waals surface area contributed by atoms with Crippen LogP contribution in [0.1, 0.15) is 108 Å². The van der Waals surface area contributed by atoms with Crippen LogP contribution in [-0.4, -0.2) is 187 Å². The van der Waals surface area contributed by atoms with Crippen molar-refractivity contribution in [2.45, 2.75) is 180 Å². The van der Waals surface area contributed by atoms with Crippen LogP contribution in [0.2, 0.25) is 6.82 Å². The molecular formula is C39H77BN4O20. The standard InChI is InChI=1S/C22H40N2O10.C8H17NO2.C8H14O7.CH6BNO/c1-21(2,3)33-14(26)10-8-11-23-19(31)18(30)17(29)16(28)15(27)13(25)9-7-12-24-20(32)34-22(4,5)6;1-8(2,3)11-7(10)5-4-6-9;1-3(9)4(10)5(11)6(12)7(13)8(14)15-2;1-2(3)4/h15-18,27-30H,7-12H2,1-6H3,(H,23,31)(H,24,32);4-6,9H2,1-3H3;4-7,10-13H,1-2H3;4H,3H2,1H3/t15-,16+,17+,18-;;4-,5+,6+,7-;/m0.0./s1. The number of hydrogen-bond acceptors (Lipinski definition) is 22. The summed E-state index contributed by atoms with van der Waals surface area (Å²) in [6.07, 6.45) is -15.7. The van der Waals surface area contributed by atoms with E-state index in [1.54, 1.807) is 41.5 Å². The predicted octanol–water partition coefficient (Wildman–Crippen LogP) is -3.14. The van der Waals surface area contributed by atoms with Crippen molar-refractivity contribution in [3.63, 3.8) is 0 Å². The molecule has 0 aliphatic rings. The van der Waals surface area contributed by atoms with Crippen LogP contribution >= 0.6 is 0 Å². The van der Waals surface area contributed by atoms with Gasteiger partial charge in [-0.1, -0.05) is 0 Å². The molecule has 0 fully saturated rings. The quantitative estimate of drug-likeness (QED) is 0.0234. The van der Waals surface area contributed by atoms with Gasteiger partial charge in [-0.05, 0) is 102 Å². The Bertz CT molecular complexity index is 1330. The maximum atomic E-state index is 12.0. The maximum Gasteiger partial charge on any atom is 0.407 e. The van der Waals surface area contributed by atoms with E-state index in [1.807, 2.05) is 20.8 Å². The molecule has 24 nitrogen and oxygen atoms in total. The first-order valence-corrected chi connectivity index (χ1v) is 20.3. The number of methoxy groups -OCH3 is 1. The monoisotopic (exact) mass is 933 g/mol. The molecule has 2 amide bonds. The highest BCUT2D eigenvalue weighted by molar-refractivity contribution is 6.44. The molecule has 0 radical (unpaired) electrons. The molecule has 0 saturated heterocycles. The summed E-state index contributed by atoms with van der Waals surface area (Å²) in [5, 5.41) is 88.9.